The molecule has 0 bridgehead atoms. The summed E-state index contributed by atoms with van der Waals surface area (Å²) in [6, 6.07) is 6.99. The molecule has 38 heavy (non-hydrogen) atoms. The molecule has 9 nitrogen and oxygen atoms in total. The summed E-state index contributed by atoms with van der Waals surface area (Å²) in [6.45, 7) is 15.8. The molecular formula is C27H38BClN4O5. The van der Waals surface area contributed by atoms with E-state index in [0.717, 1.165) is 18.5 Å². The summed E-state index contributed by atoms with van der Waals surface area (Å²) in [5.41, 5.74) is 0.290. The minimum Gasteiger partial charge on any atom is -0.462 e. The molecule has 2 aliphatic rings. The molecule has 2 aromatic rings. The quantitative estimate of drug-likeness (QED) is 0.397. The summed E-state index contributed by atoms with van der Waals surface area (Å²) < 4.78 is 19.5. The Kier molecular flexibility index (Phi) is 7.75. The van der Waals surface area contributed by atoms with Crippen molar-refractivity contribution in [3.8, 4) is 0 Å². The number of amides is 1. The van der Waals surface area contributed by atoms with Crippen molar-refractivity contribution >= 4 is 41.7 Å². The number of carbonyl (C=O) groups is 2. The predicted molar refractivity (Wildman–Crippen MR) is 148 cm³/mol. The highest BCUT2D eigenvalue weighted by Gasteiger charge is 2.52. The van der Waals surface area contributed by atoms with Crippen molar-refractivity contribution in [2.24, 2.45) is 0 Å². The van der Waals surface area contributed by atoms with Gasteiger partial charge >= 0.3 is 13.1 Å². The van der Waals surface area contributed by atoms with Gasteiger partial charge in [-0.15, -0.1) is 0 Å². The highest BCUT2D eigenvalue weighted by atomic mass is 35.5. The van der Waals surface area contributed by atoms with Crippen LogP contribution in [0, 0.1) is 0 Å². The molecule has 1 amide bonds. The molecule has 1 saturated heterocycles. The fourth-order valence-corrected chi connectivity index (χ4v) is 4.84. The normalized spacial score (nSPS) is 20.4. The number of rotatable bonds is 7. The number of esters is 1. The lowest BCUT2D eigenvalue weighted by Gasteiger charge is -2.33. The Morgan fingerprint density at radius 1 is 1.21 bits per heavy atom. The van der Waals surface area contributed by atoms with Crippen LogP contribution in [-0.4, -0.2) is 51.6 Å². The van der Waals surface area contributed by atoms with Crippen molar-refractivity contribution in [3.63, 3.8) is 0 Å². The van der Waals surface area contributed by atoms with Crippen LogP contribution in [0.25, 0.3) is 0 Å². The van der Waals surface area contributed by atoms with Gasteiger partial charge in [-0.1, -0.05) is 23.7 Å². The van der Waals surface area contributed by atoms with E-state index in [9.17, 15) is 9.59 Å². The largest absolute Gasteiger partial charge is 0.496 e. The third-order valence-corrected chi connectivity index (χ3v) is 7.86. The van der Waals surface area contributed by atoms with E-state index in [4.69, 9.17) is 25.6 Å². The highest BCUT2D eigenvalue weighted by molar-refractivity contribution is 6.66. The molecule has 0 aliphatic carbocycles. The van der Waals surface area contributed by atoms with Gasteiger partial charge in [-0.05, 0) is 80.4 Å². The van der Waals surface area contributed by atoms with Crippen LogP contribution >= 0.6 is 11.6 Å². The van der Waals surface area contributed by atoms with Crippen molar-refractivity contribution in [1.29, 1.82) is 0 Å². The zero-order chi connectivity index (χ0) is 28.0. The molecule has 11 heteroatoms. The average molecular weight is 545 g/mol. The Morgan fingerprint density at radius 2 is 1.87 bits per heavy atom. The van der Waals surface area contributed by atoms with Gasteiger partial charge < -0.3 is 19.4 Å². The first-order valence-corrected chi connectivity index (χ1v) is 13.5. The molecule has 1 aromatic heterocycles. The first-order chi connectivity index (χ1) is 17.6. The summed E-state index contributed by atoms with van der Waals surface area (Å²) in [4.78, 5) is 25.8. The molecule has 3 heterocycles. The van der Waals surface area contributed by atoms with Gasteiger partial charge in [0.1, 0.15) is 5.54 Å². The average Bonchev–Trinajstić information content (AvgIpc) is 3.33. The second-order valence-electron chi connectivity index (χ2n) is 11.8. The third-order valence-electron chi connectivity index (χ3n) is 7.44. The van der Waals surface area contributed by atoms with E-state index in [2.05, 4.69) is 15.7 Å². The van der Waals surface area contributed by atoms with E-state index in [1.807, 2.05) is 52.3 Å². The number of anilines is 1. The predicted octanol–water partition coefficient (Wildman–Crippen LogP) is 4.24. The van der Waals surface area contributed by atoms with Crippen LogP contribution in [0.3, 0.4) is 0 Å². The second-order valence-corrected chi connectivity index (χ2v) is 12.2. The zero-order valence-electron chi connectivity index (χ0n) is 23.5. The topological polar surface area (TPSA) is 104 Å². The maximum absolute atomic E-state index is 13.2. The van der Waals surface area contributed by atoms with Gasteiger partial charge in [0.2, 0.25) is 0 Å². The zero-order valence-corrected chi connectivity index (χ0v) is 24.2. The molecule has 4 rings (SSSR count). The lowest BCUT2D eigenvalue weighted by molar-refractivity contribution is -0.154. The van der Waals surface area contributed by atoms with E-state index >= 15 is 0 Å². The Balaban J connectivity index is 1.51. The van der Waals surface area contributed by atoms with Gasteiger partial charge in [0, 0.05) is 12.0 Å². The Bertz CT molecular complexity index is 1210. The number of fused-ring (bicyclic) bond motifs is 1. The number of ether oxygens (including phenoxy) is 1. The van der Waals surface area contributed by atoms with Crippen LogP contribution in [-0.2, 0) is 25.4 Å². The summed E-state index contributed by atoms with van der Waals surface area (Å²) in [7, 11) is -0.651. The number of hydrogen-bond donors (Lipinski definition) is 2. The lowest BCUT2D eigenvalue weighted by Crippen LogP contribution is -2.50. The van der Waals surface area contributed by atoms with Crippen LogP contribution in [0.4, 0.5) is 5.69 Å². The van der Waals surface area contributed by atoms with E-state index in [1.54, 1.807) is 32.0 Å². The second kappa shape index (κ2) is 10.3. The third kappa shape index (κ3) is 5.64. The SMILES string of the molecule is CC(C)OC(=O)C(C)(C)N[C@H]1CCCn2nc(C(=O)Nc3cccc(B4OC(C)(C)C(C)(C)O4)c3Cl)cc21. The van der Waals surface area contributed by atoms with Gasteiger partial charge in [0.05, 0.1) is 39.8 Å². The molecule has 1 fully saturated rings. The number of halogens is 1. The Morgan fingerprint density at radius 3 is 2.50 bits per heavy atom. The van der Waals surface area contributed by atoms with E-state index in [-0.39, 0.29) is 29.7 Å². The summed E-state index contributed by atoms with van der Waals surface area (Å²) in [5, 5.41) is 11.2. The molecule has 2 aliphatic heterocycles. The number of nitrogens with zero attached hydrogens (tertiary/aromatic N) is 2. The van der Waals surface area contributed by atoms with Gasteiger partial charge in [-0.25, -0.2) is 0 Å². The van der Waals surface area contributed by atoms with Crippen molar-refractivity contribution in [1.82, 2.24) is 15.1 Å². The summed E-state index contributed by atoms with van der Waals surface area (Å²) in [5.74, 6) is -0.698. The van der Waals surface area contributed by atoms with Gasteiger partial charge in [-0.3, -0.25) is 19.6 Å². The number of aromatic nitrogens is 2. The first kappa shape index (κ1) is 28.6. The van der Waals surface area contributed by atoms with Gasteiger partial charge in [0.25, 0.3) is 5.91 Å². The van der Waals surface area contributed by atoms with Crippen LogP contribution in [0.2, 0.25) is 5.02 Å². The minimum absolute atomic E-state index is 0.150. The molecule has 0 radical (unpaired) electrons. The molecule has 1 aromatic carbocycles. The standard InChI is InChI=1S/C27H38BClN4O5/c1-16(2)36-24(35)25(3,4)31-18-13-10-14-33-21(18)15-20(32-33)23(34)30-19-12-9-11-17(22(19)29)28-37-26(5,6)27(7,8)38-28/h9,11-12,15-16,18,31H,10,13-14H2,1-8H3,(H,30,34)/t18-/m0/s1. The summed E-state index contributed by atoms with van der Waals surface area (Å²) in [6.07, 6.45) is 1.48. The van der Waals surface area contributed by atoms with Crippen molar-refractivity contribution in [2.75, 3.05) is 5.32 Å². The Hall–Kier alpha value is -2.40. The number of hydrogen-bond acceptors (Lipinski definition) is 7. The fourth-order valence-electron chi connectivity index (χ4n) is 4.58. The van der Waals surface area contributed by atoms with Crippen molar-refractivity contribution in [3.05, 3.63) is 40.7 Å². The molecule has 0 saturated carbocycles. The van der Waals surface area contributed by atoms with E-state index in [0.29, 0.717) is 22.7 Å². The number of aryl methyl sites for hydroxylation is 1. The van der Waals surface area contributed by atoms with Crippen LogP contribution in [0.15, 0.2) is 24.3 Å². The molecule has 0 spiro atoms. The van der Waals surface area contributed by atoms with E-state index in [1.165, 1.54) is 0 Å². The highest BCUT2D eigenvalue weighted by Crippen LogP contribution is 2.37. The van der Waals surface area contributed by atoms with Crippen molar-refractivity contribution < 1.29 is 23.6 Å². The smallest absolute Gasteiger partial charge is 0.462 e. The van der Waals surface area contributed by atoms with Crippen LogP contribution in [0.1, 0.15) is 90.5 Å². The minimum atomic E-state index is -0.898. The number of benzene rings is 1. The van der Waals surface area contributed by atoms with Gasteiger partial charge in [0.15, 0.2) is 5.69 Å². The molecular weight excluding hydrogens is 507 g/mol. The van der Waals surface area contributed by atoms with Crippen LogP contribution < -0.4 is 16.1 Å². The Labute approximate surface area is 230 Å². The van der Waals surface area contributed by atoms with Gasteiger partial charge in [-0.2, -0.15) is 5.10 Å². The maximum atomic E-state index is 13.2. The van der Waals surface area contributed by atoms with Crippen LogP contribution in [0.5, 0.6) is 0 Å². The monoisotopic (exact) mass is 544 g/mol. The number of carbonyl (C=O) groups excluding carboxylic acids is 2. The molecule has 0 unspecified atom stereocenters. The fraction of sp³-hybridized carbons (Fsp3) is 0.593. The first-order valence-electron chi connectivity index (χ1n) is 13.1. The molecule has 2 N–H and O–H groups in total. The summed E-state index contributed by atoms with van der Waals surface area (Å²) >= 11 is 6.71. The van der Waals surface area contributed by atoms with E-state index < -0.39 is 23.9 Å². The maximum Gasteiger partial charge on any atom is 0.496 e. The molecule has 206 valence electrons. The number of nitrogens with one attached hydrogen (secondary N) is 2. The lowest BCUT2D eigenvalue weighted by atomic mass is 9.79. The molecule has 1 atom stereocenters. The van der Waals surface area contributed by atoms with Crippen molar-refractivity contribution in [2.45, 2.75) is 104 Å².